The first kappa shape index (κ1) is 65.3. The van der Waals surface area contributed by atoms with E-state index in [0.29, 0.717) is 12.8 Å². The Bertz CT molecular complexity index is 1560. The zero-order chi connectivity index (χ0) is 51.8. The molecule has 404 valence electrons. The summed E-state index contributed by atoms with van der Waals surface area (Å²) in [4.78, 5) is 26.3. The van der Waals surface area contributed by atoms with Crippen LogP contribution in [0.25, 0.3) is 0 Å². The molecule has 0 radical (unpaired) electrons. The van der Waals surface area contributed by atoms with Gasteiger partial charge in [-0.1, -0.05) is 214 Å². The van der Waals surface area contributed by atoms with Crippen molar-refractivity contribution in [2.45, 2.75) is 243 Å². The van der Waals surface area contributed by atoms with Crippen LogP contribution in [0.5, 0.6) is 0 Å². The van der Waals surface area contributed by atoms with Gasteiger partial charge in [-0.05, 0) is 77.0 Å². The van der Waals surface area contributed by atoms with Crippen LogP contribution in [0.4, 0.5) is 0 Å². The summed E-state index contributed by atoms with van der Waals surface area (Å²) in [6.07, 6.45) is 53.1. The SMILES string of the molecule is CC/C=C\C/C=C\C/C=C\C/C=C\C/C=C\C/C=C\CC(O)C(=O)NC(COC1OC(CO)C(O)C(O)C1OC(=O)CC/C=C/C/C=C\CCCCCCCC)C(O)/C=C/CCCCCCCCCCC. The normalized spacial score (nSPS) is 20.5. The van der Waals surface area contributed by atoms with Crippen LogP contribution in [0.3, 0.4) is 0 Å². The smallest absolute Gasteiger partial charge is 0.306 e. The average Bonchev–Trinajstić information content (AvgIpc) is 3.37. The van der Waals surface area contributed by atoms with Gasteiger partial charge in [-0.25, -0.2) is 0 Å². The number of esters is 1. The Hall–Kier alpha value is -3.68. The van der Waals surface area contributed by atoms with Crippen molar-refractivity contribution in [3.63, 3.8) is 0 Å². The number of rotatable bonds is 44. The Morgan fingerprint density at radius 3 is 1.52 bits per heavy atom. The van der Waals surface area contributed by atoms with E-state index in [2.05, 4.69) is 92.9 Å². The van der Waals surface area contributed by atoms with E-state index >= 15 is 0 Å². The Kier molecular flexibility index (Phi) is 43.6. The highest BCUT2D eigenvalue weighted by atomic mass is 16.7. The molecule has 0 aromatic rings. The molecule has 1 heterocycles. The molecule has 71 heavy (non-hydrogen) atoms. The van der Waals surface area contributed by atoms with E-state index in [0.717, 1.165) is 70.6 Å². The number of hydrogen-bond donors (Lipinski definition) is 6. The van der Waals surface area contributed by atoms with Gasteiger partial charge in [0.05, 0.1) is 25.4 Å². The molecule has 1 rings (SSSR count). The number of carbonyl (C=O) groups is 2. The lowest BCUT2D eigenvalue weighted by atomic mass is 9.99. The lowest BCUT2D eigenvalue weighted by Crippen LogP contribution is -2.61. The van der Waals surface area contributed by atoms with Crippen LogP contribution in [-0.4, -0.2) is 99.6 Å². The average molecular weight is 994 g/mol. The predicted octanol–water partition coefficient (Wildman–Crippen LogP) is 12.2. The van der Waals surface area contributed by atoms with Gasteiger partial charge in [-0.2, -0.15) is 0 Å². The topological polar surface area (TPSA) is 175 Å². The summed E-state index contributed by atoms with van der Waals surface area (Å²) < 4.78 is 17.4. The predicted molar refractivity (Wildman–Crippen MR) is 291 cm³/mol. The van der Waals surface area contributed by atoms with Crippen LogP contribution in [0.2, 0.25) is 0 Å². The molecule has 0 aliphatic carbocycles. The molecule has 1 fully saturated rings. The maximum atomic E-state index is 13.3. The van der Waals surface area contributed by atoms with Gasteiger partial charge in [0.15, 0.2) is 12.4 Å². The minimum Gasteiger partial charge on any atom is -0.454 e. The number of hydrogen-bond acceptors (Lipinski definition) is 10. The summed E-state index contributed by atoms with van der Waals surface area (Å²) in [5.41, 5.74) is 0. The van der Waals surface area contributed by atoms with Crippen LogP contribution < -0.4 is 5.32 Å². The zero-order valence-electron chi connectivity index (χ0n) is 44.3. The molecule has 1 aliphatic rings. The summed E-state index contributed by atoms with van der Waals surface area (Å²) in [5.74, 6) is -1.37. The Morgan fingerprint density at radius 2 is 1.01 bits per heavy atom. The fourth-order valence-corrected chi connectivity index (χ4v) is 7.78. The van der Waals surface area contributed by atoms with Gasteiger partial charge in [0, 0.05) is 12.8 Å². The quantitative estimate of drug-likeness (QED) is 0.0196. The van der Waals surface area contributed by atoms with Crippen molar-refractivity contribution in [3.05, 3.63) is 109 Å². The summed E-state index contributed by atoms with van der Waals surface area (Å²) >= 11 is 0. The molecule has 0 aromatic heterocycles. The van der Waals surface area contributed by atoms with Gasteiger partial charge < -0.3 is 45.1 Å². The number of aliphatic hydroxyl groups is 5. The molecule has 1 amide bonds. The molecule has 8 unspecified atom stereocenters. The van der Waals surface area contributed by atoms with Gasteiger partial charge in [0.25, 0.3) is 0 Å². The molecule has 1 aliphatic heterocycles. The van der Waals surface area contributed by atoms with E-state index in [9.17, 15) is 35.1 Å². The van der Waals surface area contributed by atoms with E-state index in [1.165, 1.54) is 77.0 Å². The second-order valence-corrected chi connectivity index (χ2v) is 18.6. The molecule has 0 saturated carbocycles. The van der Waals surface area contributed by atoms with Crippen LogP contribution in [0.1, 0.15) is 194 Å². The van der Waals surface area contributed by atoms with Crippen molar-refractivity contribution in [3.8, 4) is 0 Å². The first-order valence-corrected chi connectivity index (χ1v) is 27.7. The van der Waals surface area contributed by atoms with Gasteiger partial charge in [0.2, 0.25) is 5.91 Å². The Morgan fingerprint density at radius 1 is 0.563 bits per heavy atom. The molecule has 8 atom stereocenters. The molecule has 11 nitrogen and oxygen atoms in total. The standard InChI is InChI=1S/C60H99NO10/c1-4-7-10-13-16-19-22-24-25-26-27-28-30-32-35-38-41-44-47-53(64)59(68)61-51(52(63)46-43-40-37-34-31-21-18-15-12-9-6-3)50-69-60-58(57(67)56(66)54(49-62)70-60)71-55(65)48-45-42-39-36-33-29-23-20-17-14-11-8-5-2/h7,10,16,19,24-25,27-29,32-33,35,39,41-44,46,51-54,56-58,60,62-64,66-67H,4-6,8-9,11-15,17-18,20-23,26,30-31,34,36-38,40,45,47-50H2,1-3H3,(H,61,68)/b10-7-,19-16-,25-24-,28-27-,33-29-,35-32-,42-39+,44-41-,46-43+. The first-order valence-electron chi connectivity index (χ1n) is 27.7. The summed E-state index contributed by atoms with van der Waals surface area (Å²) in [6.45, 7) is 5.54. The van der Waals surface area contributed by atoms with Gasteiger partial charge in [-0.15, -0.1) is 0 Å². The fourth-order valence-electron chi connectivity index (χ4n) is 7.78. The maximum Gasteiger partial charge on any atom is 0.306 e. The monoisotopic (exact) mass is 994 g/mol. The van der Waals surface area contributed by atoms with E-state index in [4.69, 9.17) is 14.2 Å². The minimum absolute atomic E-state index is 0.00322. The zero-order valence-corrected chi connectivity index (χ0v) is 44.3. The van der Waals surface area contributed by atoms with Crippen molar-refractivity contribution in [1.29, 1.82) is 0 Å². The van der Waals surface area contributed by atoms with Gasteiger partial charge in [0.1, 0.15) is 24.4 Å². The number of ether oxygens (including phenoxy) is 3. The lowest BCUT2D eigenvalue weighted by Gasteiger charge is -2.41. The highest BCUT2D eigenvalue weighted by Gasteiger charge is 2.47. The van der Waals surface area contributed by atoms with E-state index in [-0.39, 0.29) is 19.4 Å². The van der Waals surface area contributed by atoms with Gasteiger partial charge >= 0.3 is 5.97 Å². The minimum atomic E-state index is -1.65. The molecule has 1 saturated heterocycles. The maximum absolute atomic E-state index is 13.3. The van der Waals surface area contributed by atoms with Crippen LogP contribution in [0.15, 0.2) is 109 Å². The van der Waals surface area contributed by atoms with Crippen molar-refractivity contribution in [2.24, 2.45) is 0 Å². The van der Waals surface area contributed by atoms with E-state index < -0.39 is 67.4 Å². The fraction of sp³-hybridized carbons (Fsp3) is 0.667. The summed E-state index contributed by atoms with van der Waals surface area (Å²) in [6, 6.07) is -1.08. The third-order valence-electron chi connectivity index (χ3n) is 12.2. The number of amides is 1. The molecular formula is C60H99NO10. The van der Waals surface area contributed by atoms with Crippen LogP contribution in [0, 0.1) is 0 Å². The molecular weight excluding hydrogens is 895 g/mol. The summed E-state index contributed by atoms with van der Waals surface area (Å²) in [7, 11) is 0. The number of aliphatic hydroxyl groups excluding tert-OH is 5. The third-order valence-corrected chi connectivity index (χ3v) is 12.2. The third kappa shape index (κ3) is 36.0. The van der Waals surface area contributed by atoms with Crippen molar-refractivity contribution >= 4 is 11.9 Å². The highest BCUT2D eigenvalue weighted by molar-refractivity contribution is 5.81. The summed E-state index contributed by atoms with van der Waals surface area (Å²) in [5, 5.41) is 56.5. The second-order valence-electron chi connectivity index (χ2n) is 18.6. The van der Waals surface area contributed by atoms with E-state index in [1.807, 2.05) is 30.4 Å². The Labute approximate surface area is 430 Å². The number of allylic oxidation sites excluding steroid dienone is 16. The largest absolute Gasteiger partial charge is 0.454 e. The Balaban J connectivity index is 2.84. The first-order chi connectivity index (χ1) is 34.7. The van der Waals surface area contributed by atoms with Gasteiger partial charge in [-0.3, -0.25) is 9.59 Å². The highest BCUT2D eigenvalue weighted by Crippen LogP contribution is 2.26. The lowest BCUT2D eigenvalue weighted by molar-refractivity contribution is -0.305. The van der Waals surface area contributed by atoms with Crippen molar-refractivity contribution in [1.82, 2.24) is 5.32 Å². The van der Waals surface area contributed by atoms with Crippen molar-refractivity contribution < 1.29 is 49.3 Å². The van der Waals surface area contributed by atoms with Crippen LogP contribution in [-0.2, 0) is 23.8 Å². The molecule has 0 spiro atoms. The van der Waals surface area contributed by atoms with Crippen LogP contribution >= 0.6 is 0 Å². The number of nitrogens with one attached hydrogen (secondary N) is 1. The number of carbonyl (C=O) groups excluding carboxylic acids is 2. The molecule has 6 N–H and O–H groups in total. The molecule has 0 aromatic carbocycles. The van der Waals surface area contributed by atoms with Crippen molar-refractivity contribution in [2.75, 3.05) is 13.2 Å². The number of unbranched alkanes of at least 4 members (excludes halogenated alkanes) is 15. The second kappa shape index (κ2) is 47.3. The molecule has 11 heteroatoms. The van der Waals surface area contributed by atoms with E-state index in [1.54, 1.807) is 12.2 Å². The molecule has 0 bridgehead atoms.